The number of nitrogens with zero attached hydrogens (tertiary/aromatic N) is 3. The predicted molar refractivity (Wildman–Crippen MR) is 223 cm³/mol. The molecule has 0 radical (unpaired) electrons. The summed E-state index contributed by atoms with van der Waals surface area (Å²) in [5.41, 5.74) is 7.51. The van der Waals surface area contributed by atoms with Crippen LogP contribution in [0, 0.1) is 20.8 Å². The molecule has 6 rings (SSSR count). The number of pyridine rings is 3. The van der Waals surface area contributed by atoms with Gasteiger partial charge in [-0.25, -0.2) is 0 Å². The van der Waals surface area contributed by atoms with E-state index in [4.69, 9.17) is 34.8 Å². The molecule has 0 saturated heterocycles. The summed E-state index contributed by atoms with van der Waals surface area (Å²) in [5, 5.41) is 52.3. The van der Waals surface area contributed by atoms with Gasteiger partial charge in [0.05, 0.1) is 15.6 Å². The minimum Gasteiger partial charge on any atom is -0.872 e. The van der Waals surface area contributed by atoms with Crippen molar-refractivity contribution in [3.8, 4) is 29.0 Å². The average molecular weight is 1140 g/mol. The Bertz CT molecular complexity index is 1950. The van der Waals surface area contributed by atoms with Gasteiger partial charge in [-0.3, -0.25) is 9.97 Å². The van der Waals surface area contributed by atoms with E-state index in [2.05, 4.69) is 150 Å². The van der Waals surface area contributed by atoms with Crippen molar-refractivity contribution in [1.82, 2.24) is 15.0 Å². The molecular weight excluding hydrogens is 1090 g/mol. The molecule has 60 heavy (non-hydrogen) atoms. The second kappa shape index (κ2) is 32.4. The molecule has 324 valence electrons. The van der Waals surface area contributed by atoms with Crippen molar-refractivity contribution in [2.24, 2.45) is 0 Å². The van der Waals surface area contributed by atoms with Gasteiger partial charge in [0.1, 0.15) is 0 Å². The number of hydrogen-bond donors (Lipinski definition) is 0. The van der Waals surface area contributed by atoms with Gasteiger partial charge >= 0.3 is 58.4 Å². The van der Waals surface area contributed by atoms with Crippen LogP contribution in [0.15, 0.2) is 114 Å². The molecule has 0 atom stereocenters. The first kappa shape index (κ1) is 61.0. The Morgan fingerprint density at radius 1 is 0.467 bits per heavy atom. The third-order valence-corrected chi connectivity index (χ3v) is 8.21. The van der Waals surface area contributed by atoms with E-state index in [0.29, 0.717) is 17.8 Å². The van der Waals surface area contributed by atoms with E-state index in [9.17, 15) is 30.3 Å². The van der Waals surface area contributed by atoms with Gasteiger partial charge in [-0.2, -0.15) is 6.20 Å². The van der Waals surface area contributed by atoms with Crippen LogP contribution in [-0.2, 0) is 58.4 Å². The van der Waals surface area contributed by atoms with Crippen molar-refractivity contribution in [3.05, 3.63) is 168 Å². The average Bonchev–Trinajstić information content (AvgIpc) is 3.15. The van der Waals surface area contributed by atoms with E-state index < -0.39 is 34.6 Å². The number of halogens is 3. The number of benzene rings is 3. The second-order valence-electron chi connectivity index (χ2n) is 13.6. The van der Waals surface area contributed by atoms with Crippen LogP contribution in [0.3, 0.4) is 0 Å². The first-order valence-corrected chi connectivity index (χ1v) is 19.0. The Kier molecular flexibility index (Phi) is 32.9. The summed E-state index contributed by atoms with van der Waals surface area (Å²) in [7, 11) is 0. The maximum atomic E-state index is 10.4. The molecular formula is C45H48Cl3N3O6Ru3. The van der Waals surface area contributed by atoms with Crippen LogP contribution in [0.4, 0.5) is 0 Å². The number of rotatable bonds is 3. The molecule has 0 saturated carbocycles. The number of aryl methyl sites for hydroxylation is 3. The molecule has 0 spiro atoms. The molecule has 15 heteroatoms. The van der Waals surface area contributed by atoms with E-state index in [1.54, 1.807) is 0 Å². The Hall–Kier alpha value is -3.35. The zero-order valence-electron chi connectivity index (χ0n) is 34.6. The van der Waals surface area contributed by atoms with Gasteiger partial charge in [-0.15, -0.1) is 0 Å². The van der Waals surface area contributed by atoms with E-state index in [1.165, 1.54) is 33.4 Å². The van der Waals surface area contributed by atoms with Crippen LogP contribution in [0.1, 0.15) is 92.7 Å². The van der Waals surface area contributed by atoms with Crippen molar-refractivity contribution in [3.63, 3.8) is 0 Å². The fourth-order valence-electron chi connectivity index (χ4n) is 4.08. The van der Waals surface area contributed by atoms with Crippen molar-refractivity contribution >= 4 is 34.8 Å². The largest absolute Gasteiger partial charge is 2.00 e. The van der Waals surface area contributed by atoms with Crippen LogP contribution in [0.5, 0.6) is 29.0 Å². The Morgan fingerprint density at radius 2 is 0.733 bits per heavy atom. The van der Waals surface area contributed by atoms with E-state index >= 15 is 0 Å². The summed E-state index contributed by atoms with van der Waals surface area (Å²) in [6.07, 6.45) is 3.43. The zero-order chi connectivity index (χ0) is 43.2. The second-order valence-corrected chi connectivity index (χ2v) is 14.9. The van der Waals surface area contributed by atoms with E-state index in [-0.39, 0.29) is 73.5 Å². The Morgan fingerprint density at radius 3 is 0.933 bits per heavy atom. The molecule has 0 aliphatic heterocycles. The van der Waals surface area contributed by atoms with Gasteiger partial charge in [0, 0.05) is 17.4 Å². The molecule has 0 fully saturated rings. The molecule has 0 N–H and O–H groups in total. The van der Waals surface area contributed by atoms with Crippen molar-refractivity contribution in [2.75, 3.05) is 0 Å². The van der Waals surface area contributed by atoms with Crippen molar-refractivity contribution in [1.29, 1.82) is 0 Å². The first-order chi connectivity index (χ1) is 26.7. The monoisotopic (exact) mass is 1140 g/mol. The summed E-state index contributed by atoms with van der Waals surface area (Å²) in [4.78, 5) is 19.8. The molecule has 0 unspecified atom stereocenters. The molecule has 3 aromatic heterocycles. The smallest absolute Gasteiger partial charge is 0.872 e. The topological polar surface area (TPSA) is 172 Å². The molecule has 0 bridgehead atoms. The fraction of sp³-hybridized carbons (Fsp3) is 0.267. The first-order valence-electron chi connectivity index (χ1n) is 17.9. The van der Waals surface area contributed by atoms with Crippen LogP contribution in [-0.4, -0.2) is 9.97 Å². The van der Waals surface area contributed by atoms with Gasteiger partial charge in [-0.05, 0) is 79.1 Å². The van der Waals surface area contributed by atoms with Crippen LogP contribution >= 0.6 is 34.8 Å². The van der Waals surface area contributed by atoms with Gasteiger partial charge < -0.3 is 35.3 Å². The Balaban J connectivity index is -0.000000644. The van der Waals surface area contributed by atoms with Crippen molar-refractivity contribution in [2.45, 2.75) is 80.1 Å². The molecule has 9 nitrogen and oxygen atoms in total. The third-order valence-electron chi connectivity index (χ3n) is 7.59. The maximum Gasteiger partial charge on any atom is 2.00 e. The maximum absolute atomic E-state index is 10.4. The van der Waals surface area contributed by atoms with Crippen LogP contribution in [0.2, 0.25) is 15.1 Å². The predicted octanol–water partition coefficient (Wildman–Crippen LogP) is 8.84. The minimum atomic E-state index is -0.764. The third kappa shape index (κ3) is 26.1. The van der Waals surface area contributed by atoms with E-state index in [0.717, 1.165) is 36.8 Å². The summed E-state index contributed by atoms with van der Waals surface area (Å²) in [6.45, 7) is 19.6. The van der Waals surface area contributed by atoms with Gasteiger partial charge in [0.15, 0.2) is 0 Å². The summed E-state index contributed by atoms with van der Waals surface area (Å²) in [5.74, 6) is -1.56. The van der Waals surface area contributed by atoms with Crippen molar-refractivity contribution < 1.29 is 84.0 Å². The zero-order valence-corrected chi connectivity index (χ0v) is 42.1. The number of hydrogen-bond acceptors (Lipinski definition) is 8. The van der Waals surface area contributed by atoms with Crippen LogP contribution < -0.4 is 36.1 Å². The summed E-state index contributed by atoms with van der Waals surface area (Å²) < 4.78 is 0. The molecule has 6 aromatic rings. The van der Waals surface area contributed by atoms with Crippen LogP contribution in [0.25, 0.3) is 0 Å². The molecule has 0 amide bonds. The molecule has 3 aromatic carbocycles. The minimum absolute atomic E-state index is 0. The summed E-state index contributed by atoms with van der Waals surface area (Å²) in [6, 6.07) is 29.3. The van der Waals surface area contributed by atoms with Gasteiger partial charge in [0.2, 0.25) is 0 Å². The number of aromatic nitrogens is 3. The Labute approximate surface area is 407 Å². The summed E-state index contributed by atoms with van der Waals surface area (Å²) >= 11 is 15.9. The quantitative estimate of drug-likeness (QED) is 0.157. The normalized spacial score (nSPS) is 9.45. The molecule has 0 aliphatic rings. The fourth-order valence-corrected chi connectivity index (χ4v) is 4.52. The van der Waals surface area contributed by atoms with E-state index in [1.807, 2.05) is 0 Å². The molecule has 0 aliphatic carbocycles. The standard InChI is InChI=1S/3C10H14.3C5H4ClNO2.3Ru/c3*1-8(2)10-6-4-9(3)5-7-10;3*6-3-1-4(8)5(9)7-2-3;;;/h3*4-8H,1-3H3;1-2H,(H2,7,8,9);2*1-2,8H,(H,7,9);;;/q;;;;;;3*+2/p-6. The van der Waals surface area contributed by atoms with Gasteiger partial charge in [-0.1, -0.05) is 189 Å². The van der Waals surface area contributed by atoms with Gasteiger partial charge in [0.25, 0.3) is 0 Å². The molecule has 3 heterocycles. The SMILES string of the molecule is Cc1ccc(C(C)C)cc1.Cc1ccc(C(C)C)cc1.Cc1ccc(C(C)C)cc1.O=c1[n-]cc(Cl)cc1[O-].[O-]c1cc(Cl)cnc1[O-].[O-]c1cc(Cl)cnc1[O-].[Ru+2].[Ru+2].[Ru+2].